The molecule has 0 unspecified atom stereocenters. The van der Waals surface area contributed by atoms with E-state index in [0.717, 1.165) is 0 Å². The Morgan fingerprint density at radius 1 is 1.53 bits per heavy atom. The molecule has 6 nitrogen and oxygen atoms in total. The second-order valence-corrected chi connectivity index (χ2v) is 6.12. The number of methoxy groups -OCH3 is 1. The minimum atomic E-state index is -3.51. The van der Waals surface area contributed by atoms with Crippen LogP contribution in [-0.4, -0.2) is 32.7 Å². The predicted molar refractivity (Wildman–Crippen MR) is 65.0 cm³/mol. The second-order valence-electron chi connectivity index (χ2n) is 4.35. The van der Waals surface area contributed by atoms with Gasteiger partial charge in [-0.1, -0.05) is 0 Å². The Morgan fingerprint density at radius 3 is 2.65 bits per heavy atom. The molecule has 0 aliphatic heterocycles. The average Bonchev–Trinajstić information content (AvgIpc) is 2.76. The van der Waals surface area contributed by atoms with Gasteiger partial charge < -0.3 is 15.5 Å². The van der Waals surface area contributed by atoms with Crippen molar-refractivity contribution in [1.29, 1.82) is 0 Å². The zero-order chi connectivity index (χ0) is 13.1. The minimum absolute atomic E-state index is 0.185. The molecule has 0 radical (unpaired) electrons. The van der Waals surface area contributed by atoms with Gasteiger partial charge in [0.05, 0.1) is 10.5 Å². The van der Waals surface area contributed by atoms with Gasteiger partial charge in [-0.2, -0.15) is 0 Å². The Hall–Kier alpha value is -0.890. The molecule has 0 aliphatic rings. The number of aromatic nitrogens is 1. The Balaban J connectivity index is 2.76. The standard InChI is InChI=1S/C10H19N3O3S/c1-10(2,16-3)7-13-17(14,15)9-4-8(5-11)12-6-9/h4,6,12-13H,5,7,11H2,1-3H3. The maximum atomic E-state index is 11.9. The summed E-state index contributed by atoms with van der Waals surface area (Å²) in [5, 5.41) is 0. The molecule has 17 heavy (non-hydrogen) atoms. The summed E-state index contributed by atoms with van der Waals surface area (Å²) in [6.45, 7) is 4.09. The summed E-state index contributed by atoms with van der Waals surface area (Å²) in [6.07, 6.45) is 1.42. The van der Waals surface area contributed by atoms with Crippen molar-refractivity contribution in [2.45, 2.75) is 30.9 Å². The smallest absolute Gasteiger partial charge is 0.242 e. The van der Waals surface area contributed by atoms with Gasteiger partial charge in [0.1, 0.15) is 0 Å². The molecule has 0 bridgehead atoms. The topological polar surface area (TPSA) is 97.2 Å². The molecule has 7 heteroatoms. The Kier molecular flexibility index (Phi) is 4.31. The van der Waals surface area contributed by atoms with E-state index in [2.05, 4.69) is 9.71 Å². The first kappa shape index (κ1) is 14.2. The van der Waals surface area contributed by atoms with Crippen molar-refractivity contribution < 1.29 is 13.2 Å². The number of rotatable bonds is 6. The zero-order valence-electron chi connectivity index (χ0n) is 10.3. The van der Waals surface area contributed by atoms with Gasteiger partial charge in [0.25, 0.3) is 0 Å². The van der Waals surface area contributed by atoms with E-state index < -0.39 is 15.6 Å². The molecule has 1 aromatic heterocycles. The van der Waals surface area contributed by atoms with E-state index in [0.29, 0.717) is 5.69 Å². The van der Waals surface area contributed by atoms with E-state index in [1.165, 1.54) is 19.4 Å². The van der Waals surface area contributed by atoms with Crippen molar-refractivity contribution in [2.24, 2.45) is 5.73 Å². The lowest BCUT2D eigenvalue weighted by Crippen LogP contribution is -2.39. The highest BCUT2D eigenvalue weighted by Crippen LogP contribution is 2.12. The minimum Gasteiger partial charge on any atom is -0.377 e. The largest absolute Gasteiger partial charge is 0.377 e. The summed E-state index contributed by atoms with van der Waals surface area (Å²) in [6, 6.07) is 1.52. The number of hydrogen-bond donors (Lipinski definition) is 3. The van der Waals surface area contributed by atoms with Crippen LogP contribution in [0.5, 0.6) is 0 Å². The molecule has 0 amide bonds. The summed E-state index contributed by atoms with van der Waals surface area (Å²) >= 11 is 0. The van der Waals surface area contributed by atoms with Gasteiger partial charge in [-0.25, -0.2) is 13.1 Å². The first-order chi connectivity index (χ1) is 7.80. The van der Waals surface area contributed by atoms with Crippen molar-refractivity contribution in [1.82, 2.24) is 9.71 Å². The van der Waals surface area contributed by atoms with E-state index >= 15 is 0 Å². The molecule has 0 saturated carbocycles. The first-order valence-electron chi connectivity index (χ1n) is 5.23. The first-order valence-corrected chi connectivity index (χ1v) is 6.71. The van der Waals surface area contributed by atoms with E-state index in [9.17, 15) is 8.42 Å². The summed E-state index contributed by atoms with van der Waals surface area (Å²) in [7, 11) is -1.97. The van der Waals surface area contributed by atoms with E-state index in [1.807, 2.05) is 0 Å². The van der Waals surface area contributed by atoms with Crippen molar-refractivity contribution in [3.8, 4) is 0 Å². The SMILES string of the molecule is COC(C)(C)CNS(=O)(=O)c1c[nH]c(CN)c1. The van der Waals surface area contributed by atoms with Gasteiger partial charge in [-0.15, -0.1) is 0 Å². The molecule has 0 saturated heterocycles. The number of hydrogen-bond acceptors (Lipinski definition) is 4. The van der Waals surface area contributed by atoms with Crippen LogP contribution in [-0.2, 0) is 21.3 Å². The Labute approximate surface area is 102 Å². The lowest BCUT2D eigenvalue weighted by Gasteiger charge is -2.22. The van der Waals surface area contributed by atoms with Crippen LogP contribution < -0.4 is 10.5 Å². The molecule has 0 aromatic carbocycles. The molecule has 1 aromatic rings. The quantitative estimate of drug-likeness (QED) is 0.680. The molecule has 4 N–H and O–H groups in total. The Bertz CT molecular complexity index is 465. The third-order valence-electron chi connectivity index (χ3n) is 2.49. The maximum absolute atomic E-state index is 11.9. The highest BCUT2D eigenvalue weighted by atomic mass is 32.2. The van der Waals surface area contributed by atoms with Crippen molar-refractivity contribution in [3.63, 3.8) is 0 Å². The third-order valence-corrected chi connectivity index (χ3v) is 3.87. The normalized spacial score (nSPS) is 12.9. The van der Waals surface area contributed by atoms with Crippen LogP contribution >= 0.6 is 0 Å². The summed E-state index contributed by atoms with van der Waals surface area (Å²) in [4.78, 5) is 2.98. The highest BCUT2D eigenvalue weighted by molar-refractivity contribution is 7.89. The molecule has 1 heterocycles. The van der Waals surface area contributed by atoms with Crippen LogP contribution in [0.2, 0.25) is 0 Å². The van der Waals surface area contributed by atoms with Crippen LogP contribution in [0.25, 0.3) is 0 Å². The predicted octanol–water partition coefficient (Wildman–Crippen LogP) is 0.177. The fourth-order valence-electron chi connectivity index (χ4n) is 1.12. The third kappa shape index (κ3) is 3.81. The second kappa shape index (κ2) is 5.18. The number of aromatic amines is 1. The Morgan fingerprint density at radius 2 is 2.18 bits per heavy atom. The lowest BCUT2D eigenvalue weighted by atomic mass is 10.1. The summed E-state index contributed by atoms with van der Waals surface area (Å²) < 4.78 is 31.4. The average molecular weight is 261 g/mol. The van der Waals surface area contributed by atoms with Gasteiger partial charge in [0, 0.05) is 32.1 Å². The number of sulfonamides is 1. The molecule has 98 valence electrons. The molecule has 0 spiro atoms. The van der Waals surface area contributed by atoms with Gasteiger partial charge in [0.2, 0.25) is 10.0 Å². The monoisotopic (exact) mass is 261 g/mol. The fraction of sp³-hybridized carbons (Fsp3) is 0.600. The summed E-state index contributed by atoms with van der Waals surface area (Å²) in [5.74, 6) is 0. The van der Waals surface area contributed by atoms with Gasteiger partial charge in [0.15, 0.2) is 0 Å². The molecule has 0 aliphatic carbocycles. The van der Waals surface area contributed by atoms with Crippen LogP contribution in [0.15, 0.2) is 17.2 Å². The van der Waals surface area contributed by atoms with E-state index in [-0.39, 0.29) is 18.0 Å². The van der Waals surface area contributed by atoms with E-state index in [4.69, 9.17) is 10.5 Å². The van der Waals surface area contributed by atoms with Crippen molar-refractivity contribution in [3.05, 3.63) is 18.0 Å². The van der Waals surface area contributed by atoms with Gasteiger partial charge in [-0.3, -0.25) is 0 Å². The lowest BCUT2D eigenvalue weighted by molar-refractivity contribution is 0.0276. The van der Waals surface area contributed by atoms with Gasteiger partial charge >= 0.3 is 0 Å². The molecule has 0 fully saturated rings. The summed E-state index contributed by atoms with van der Waals surface area (Å²) in [5.41, 5.74) is 5.54. The molecule has 1 rings (SSSR count). The van der Waals surface area contributed by atoms with Crippen molar-refractivity contribution in [2.75, 3.05) is 13.7 Å². The zero-order valence-corrected chi connectivity index (χ0v) is 11.1. The number of nitrogens with two attached hydrogens (primary N) is 1. The fourth-order valence-corrected chi connectivity index (χ4v) is 2.33. The molecular weight excluding hydrogens is 242 g/mol. The van der Waals surface area contributed by atoms with Crippen molar-refractivity contribution >= 4 is 10.0 Å². The van der Waals surface area contributed by atoms with Gasteiger partial charge in [-0.05, 0) is 19.9 Å². The van der Waals surface area contributed by atoms with Crippen LogP contribution in [0, 0.1) is 0 Å². The molecule has 0 atom stereocenters. The number of ether oxygens (including phenoxy) is 1. The number of nitrogens with one attached hydrogen (secondary N) is 2. The van der Waals surface area contributed by atoms with Crippen LogP contribution in [0.1, 0.15) is 19.5 Å². The van der Waals surface area contributed by atoms with E-state index in [1.54, 1.807) is 13.8 Å². The molecular formula is C10H19N3O3S. The highest BCUT2D eigenvalue weighted by Gasteiger charge is 2.22. The number of H-pyrrole nitrogens is 1. The van der Waals surface area contributed by atoms with Crippen LogP contribution in [0.4, 0.5) is 0 Å². The van der Waals surface area contributed by atoms with Crippen LogP contribution in [0.3, 0.4) is 0 Å². The maximum Gasteiger partial charge on any atom is 0.242 e.